The minimum atomic E-state index is -0.782. The molecule has 3 N–H and O–H groups in total. The summed E-state index contributed by atoms with van der Waals surface area (Å²) >= 11 is 0. The molecule has 302 valence electrons. The van der Waals surface area contributed by atoms with Gasteiger partial charge in [0.1, 0.15) is 6.10 Å². The lowest BCUT2D eigenvalue weighted by Gasteiger charge is -2.24. The molecule has 0 aliphatic heterocycles. The average molecular weight is 722 g/mol. The molecule has 0 spiro atoms. The van der Waals surface area contributed by atoms with Crippen LogP contribution in [0.4, 0.5) is 0 Å². The molecule has 1 amide bonds. The summed E-state index contributed by atoms with van der Waals surface area (Å²) in [5.74, 6) is -0.483. The van der Waals surface area contributed by atoms with Crippen LogP contribution in [0.2, 0.25) is 0 Å². The van der Waals surface area contributed by atoms with Crippen LogP contribution in [0.15, 0.2) is 12.2 Å². The SMILES string of the molecule is CCCC/C=C\CCCCCC(CC(=O)NC(CO)C(O)CCCCCCCCCCCC)OC(=O)CCCCCCCCCCCCCCC. The molecule has 0 aromatic carbocycles. The Labute approximate surface area is 317 Å². The number of carbonyl (C=O) groups excluding carboxylic acids is 2. The summed E-state index contributed by atoms with van der Waals surface area (Å²) < 4.78 is 5.88. The van der Waals surface area contributed by atoms with E-state index in [-0.39, 0.29) is 24.9 Å². The fourth-order valence-electron chi connectivity index (χ4n) is 6.88. The van der Waals surface area contributed by atoms with Gasteiger partial charge >= 0.3 is 5.97 Å². The Morgan fingerprint density at radius 2 is 0.961 bits per heavy atom. The highest BCUT2D eigenvalue weighted by molar-refractivity contribution is 5.77. The largest absolute Gasteiger partial charge is 0.462 e. The van der Waals surface area contributed by atoms with E-state index in [0.29, 0.717) is 19.3 Å². The van der Waals surface area contributed by atoms with Crippen LogP contribution in [0.3, 0.4) is 0 Å². The Morgan fingerprint density at radius 3 is 1.45 bits per heavy atom. The standard InChI is InChI=1S/C45H87NO5/c1-4-7-10-13-16-19-21-22-23-26-29-32-35-38-45(50)51-41(36-33-30-27-24-18-15-12-9-6-3)39-44(49)46-42(40-47)43(48)37-34-31-28-25-20-17-14-11-8-5-2/h15,18,41-43,47-48H,4-14,16-17,19-40H2,1-3H3,(H,46,49)/b18-15-. The number of ether oxygens (including phenoxy) is 1. The second-order valence-electron chi connectivity index (χ2n) is 15.5. The predicted molar refractivity (Wildman–Crippen MR) is 218 cm³/mol. The highest BCUT2D eigenvalue weighted by Gasteiger charge is 2.24. The molecule has 0 bridgehead atoms. The molecule has 6 nitrogen and oxygen atoms in total. The Bertz CT molecular complexity index is 772. The number of hydrogen-bond acceptors (Lipinski definition) is 5. The van der Waals surface area contributed by atoms with Gasteiger partial charge in [-0.05, 0) is 44.9 Å². The number of aliphatic hydroxyl groups is 2. The number of amides is 1. The first-order chi connectivity index (χ1) is 25.0. The van der Waals surface area contributed by atoms with Gasteiger partial charge in [0.2, 0.25) is 5.91 Å². The highest BCUT2D eigenvalue weighted by atomic mass is 16.5. The van der Waals surface area contributed by atoms with Crippen molar-refractivity contribution in [2.24, 2.45) is 0 Å². The molecular weight excluding hydrogens is 634 g/mol. The molecule has 0 aromatic rings. The van der Waals surface area contributed by atoms with E-state index in [1.165, 1.54) is 122 Å². The minimum absolute atomic E-state index is 0.0722. The Morgan fingerprint density at radius 1 is 0.549 bits per heavy atom. The molecule has 0 saturated heterocycles. The van der Waals surface area contributed by atoms with E-state index >= 15 is 0 Å². The number of esters is 1. The fraction of sp³-hybridized carbons (Fsp3) is 0.911. The van der Waals surface area contributed by atoms with Gasteiger partial charge in [0, 0.05) is 6.42 Å². The second kappa shape index (κ2) is 39.8. The first kappa shape index (κ1) is 49.6. The summed E-state index contributed by atoms with van der Waals surface area (Å²) in [6.45, 7) is 6.41. The van der Waals surface area contributed by atoms with Gasteiger partial charge in [-0.25, -0.2) is 0 Å². The third-order valence-electron chi connectivity index (χ3n) is 10.3. The quantitative estimate of drug-likeness (QED) is 0.0332. The van der Waals surface area contributed by atoms with E-state index in [4.69, 9.17) is 4.74 Å². The summed E-state index contributed by atoms with van der Waals surface area (Å²) in [6.07, 6.45) is 41.3. The van der Waals surface area contributed by atoms with Gasteiger partial charge < -0.3 is 20.3 Å². The number of allylic oxidation sites excluding steroid dienone is 2. The van der Waals surface area contributed by atoms with Crippen molar-refractivity contribution >= 4 is 11.9 Å². The van der Waals surface area contributed by atoms with Crippen LogP contribution in [-0.2, 0) is 14.3 Å². The fourth-order valence-corrected chi connectivity index (χ4v) is 6.88. The van der Waals surface area contributed by atoms with Crippen LogP contribution in [0.1, 0.15) is 239 Å². The van der Waals surface area contributed by atoms with Crippen molar-refractivity contribution in [3.8, 4) is 0 Å². The topological polar surface area (TPSA) is 95.9 Å². The average Bonchev–Trinajstić information content (AvgIpc) is 3.12. The molecule has 0 aliphatic rings. The molecule has 0 radical (unpaired) electrons. The van der Waals surface area contributed by atoms with E-state index < -0.39 is 18.2 Å². The predicted octanol–water partition coefficient (Wildman–Crippen LogP) is 12.6. The molecule has 0 fully saturated rings. The van der Waals surface area contributed by atoms with E-state index in [2.05, 4.69) is 38.2 Å². The van der Waals surface area contributed by atoms with Gasteiger partial charge in [0.05, 0.1) is 25.2 Å². The molecule has 0 aliphatic carbocycles. The van der Waals surface area contributed by atoms with E-state index in [1.807, 2.05) is 0 Å². The lowest BCUT2D eigenvalue weighted by molar-refractivity contribution is -0.151. The number of carbonyl (C=O) groups is 2. The molecule has 3 unspecified atom stereocenters. The third kappa shape index (κ3) is 35.4. The van der Waals surface area contributed by atoms with Gasteiger partial charge in [-0.3, -0.25) is 9.59 Å². The number of rotatable bonds is 40. The van der Waals surface area contributed by atoms with Crippen molar-refractivity contribution < 1.29 is 24.5 Å². The Hall–Kier alpha value is -1.40. The van der Waals surface area contributed by atoms with Gasteiger partial charge in [-0.15, -0.1) is 0 Å². The zero-order valence-electron chi connectivity index (χ0n) is 34.3. The summed E-state index contributed by atoms with van der Waals surface area (Å²) in [5.41, 5.74) is 0. The van der Waals surface area contributed by atoms with Crippen LogP contribution in [-0.4, -0.2) is 46.9 Å². The molecule has 0 heterocycles. The van der Waals surface area contributed by atoms with Crippen molar-refractivity contribution in [1.29, 1.82) is 0 Å². The van der Waals surface area contributed by atoms with Crippen LogP contribution in [0, 0.1) is 0 Å². The molecule has 0 rings (SSSR count). The third-order valence-corrected chi connectivity index (χ3v) is 10.3. The number of nitrogens with one attached hydrogen (secondary N) is 1. The van der Waals surface area contributed by atoms with Crippen molar-refractivity contribution in [2.75, 3.05) is 6.61 Å². The summed E-state index contributed by atoms with van der Waals surface area (Å²) in [5, 5.41) is 23.5. The van der Waals surface area contributed by atoms with Gasteiger partial charge in [0.25, 0.3) is 0 Å². The first-order valence-electron chi connectivity index (χ1n) is 22.4. The summed E-state index contributed by atoms with van der Waals surface area (Å²) in [4.78, 5) is 25.9. The van der Waals surface area contributed by atoms with Gasteiger partial charge in [-0.2, -0.15) is 0 Å². The highest BCUT2D eigenvalue weighted by Crippen LogP contribution is 2.17. The zero-order valence-corrected chi connectivity index (χ0v) is 34.3. The van der Waals surface area contributed by atoms with Crippen LogP contribution in [0.5, 0.6) is 0 Å². The maximum absolute atomic E-state index is 13.1. The zero-order chi connectivity index (χ0) is 37.5. The van der Waals surface area contributed by atoms with Crippen molar-refractivity contribution in [2.45, 2.75) is 257 Å². The lowest BCUT2D eigenvalue weighted by atomic mass is 10.0. The van der Waals surface area contributed by atoms with Crippen molar-refractivity contribution in [3.05, 3.63) is 12.2 Å². The minimum Gasteiger partial charge on any atom is -0.462 e. The molecule has 3 atom stereocenters. The smallest absolute Gasteiger partial charge is 0.306 e. The molecule has 0 saturated carbocycles. The molecule has 0 aromatic heterocycles. The van der Waals surface area contributed by atoms with Crippen molar-refractivity contribution in [1.82, 2.24) is 5.32 Å². The Kier molecular flexibility index (Phi) is 38.7. The maximum Gasteiger partial charge on any atom is 0.306 e. The van der Waals surface area contributed by atoms with Crippen LogP contribution < -0.4 is 5.32 Å². The monoisotopic (exact) mass is 722 g/mol. The number of hydrogen-bond donors (Lipinski definition) is 3. The maximum atomic E-state index is 13.1. The van der Waals surface area contributed by atoms with Crippen LogP contribution >= 0.6 is 0 Å². The van der Waals surface area contributed by atoms with Gasteiger partial charge in [0.15, 0.2) is 0 Å². The Balaban J connectivity index is 4.52. The molecule has 51 heavy (non-hydrogen) atoms. The van der Waals surface area contributed by atoms with Gasteiger partial charge in [-0.1, -0.05) is 193 Å². The van der Waals surface area contributed by atoms with E-state index in [1.54, 1.807) is 0 Å². The number of aliphatic hydroxyl groups excluding tert-OH is 2. The number of unbranched alkanes of at least 4 members (excludes halogenated alkanes) is 26. The summed E-state index contributed by atoms with van der Waals surface area (Å²) in [6, 6.07) is -0.697. The molecular formula is C45H87NO5. The van der Waals surface area contributed by atoms with E-state index in [9.17, 15) is 19.8 Å². The van der Waals surface area contributed by atoms with Crippen LogP contribution in [0.25, 0.3) is 0 Å². The lowest BCUT2D eigenvalue weighted by Crippen LogP contribution is -2.46. The normalized spacial score (nSPS) is 13.4. The second-order valence-corrected chi connectivity index (χ2v) is 15.5. The summed E-state index contributed by atoms with van der Waals surface area (Å²) in [7, 11) is 0. The van der Waals surface area contributed by atoms with Crippen molar-refractivity contribution in [3.63, 3.8) is 0 Å². The first-order valence-corrected chi connectivity index (χ1v) is 22.4. The van der Waals surface area contributed by atoms with E-state index in [0.717, 1.165) is 70.6 Å². The molecule has 6 heteroatoms.